The number of phenols is 1. The summed E-state index contributed by atoms with van der Waals surface area (Å²) in [7, 11) is -0.229. The lowest BCUT2D eigenvalue weighted by molar-refractivity contribution is 0.0965. The van der Waals surface area contributed by atoms with Crippen molar-refractivity contribution in [1.29, 1.82) is 0 Å². The van der Waals surface area contributed by atoms with E-state index in [2.05, 4.69) is 10.0 Å². The number of sulfonamides is 1. The fraction of sp³-hybridized carbons (Fsp3) is 0.167. The molecule has 0 atom stereocenters. The van der Waals surface area contributed by atoms with Gasteiger partial charge < -0.3 is 15.0 Å². The number of aryl methyl sites for hydroxylation is 1. The molecule has 0 saturated carbocycles. The molecule has 0 unspecified atom stereocenters. The van der Waals surface area contributed by atoms with Gasteiger partial charge in [0.1, 0.15) is 5.75 Å². The van der Waals surface area contributed by atoms with Crippen molar-refractivity contribution in [2.24, 2.45) is 7.05 Å². The van der Waals surface area contributed by atoms with Gasteiger partial charge in [-0.1, -0.05) is 30.3 Å². The van der Waals surface area contributed by atoms with Gasteiger partial charge in [-0.25, -0.2) is 8.42 Å². The summed E-state index contributed by atoms with van der Waals surface area (Å²) in [4.78, 5) is 12.5. The minimum atomic E-state index is -3.56. The van der Waals surface area contributed by atoms with Crippen LogP contribution in [0.2, 0.25) is 0 Å². The molecule has 26 heavy (non-hydrogen) atoms. The predicted octanol–water partition coefficient (Wildman–Crippen LogP) is 2.28. The van der Waals surface area contributed by atoms with E-state index in [1.54, 1.807) is 7.05 Å². The monoisotopic (exact) mass is 373 g/mol. The van der Waals surface area contributed by atoms with Crippen LogP contribution in [-0.4, -0.2) is 37.3 Å². The van der Waals surface area contributed by atoms with Crippen molar-refractivity contribution < 1.29 is 18.3 Å². The Morgan fingerprint density at radius 2 is 1.81 bits per heavy atom. The maximum atomic E-state index is 12.5. The van der Waals surface area contributed by atoms with Gasteiger partial charge >= 0.3 is 0 Å². The molecule has 1 heterocycles. The van der Waals surface area contributed by atoms with Crippen LogP contribution >= 0.6 is 0 Å². The molecule has 3 aromatic rings. The minimum Gasteiger partial charge on any atom is -0.506 e. The van der Waals surface area contributed by atoms with Gasteiger partial charge in [0.2, 0.25) is 10.0 Å². The number of benzene rings is 2. The fourth-order valence-corrected chi connectivity index (χ4v) is 3.60. The zero-order chi connectivity index (χ0) is 19.1. The number of carbonyl (C=O) groups excluding carboxylic acids is 1. The molecule has 0 bridgehead atoms. The lowest BCUT2D eigenvalue weighted by atomic mass is 10.0. The Morgan fingerprint density at radius 3 is 2.38 bits per heavy atom. The summed E-state index contributed by atoms with van der Waals surface area (Å²) in [5, 5.41) is 13.4. The molecule has 1 amide bonds. The lowest BCUT2D eigenvalue weighted by Crippen LogP contribution is -2.18. The molecule has 8 heteroatoms. The van der Waals surface area contributed by atoms with E-state index in [9.17, 15) is 18.3 Å². The molecular weight excluding hydrogens is 354 g/mol. The number of fused-ring (bicyclic) bond motifs is 1. The Hall–Kier alpha value is -3.00. The lowest BCUT2D eigenvalue weighted by Gasteiger charge is -2.08. The normalized spacial score (nSPS) is 11.5. The molecule has 0 saturated heterocycles. The Kier molecular flexibility index (Phi) is 4.37. The molecule has 0 aliphatic heterocycles. The number of carbonyl (C=O) groups is 1. The van der Waals surface area contributed by atoms with Gasteiger partial charge in [0.05, 0.1) is 28.7 Å². The first kappa shape index (κ1) is 17.8. The number of phenolic OH excluding ortho intramolecular Hbond substituents is 1. The maximum Gasteiger partial charge on any atom is 0.253 e. The molecule has 3 N–H and O–H groups in total. The quantitative estimate of drug-likeness (QED) is 0.611. The SMILES string of the molecule is CNC(=O)c1c(-c2ccccc2)n(C)c2cc(NS(C)(=O)=O)c(O)cc12. The molecule has 7 nitrogen and oxygen atoms in total. The summed E-state index contributed by atoms with van der Waals surface area (Å²) < 4.78 is 27.2. The standard InChI is InChI=1S/C18H19N3O4S/c1-19-18(23)16-12-9-15(22)13(20-26(3,24)25)10-14(12)21(2)17(16)11-7-5-4-6-8-11/h4-10,20,22H,1-3H3,(H,19,23). The molecular formula is C18H19N3O4S. The zero-order valence-corrected chi connectivity index (χ0v) is 15.4. The summed E-state index contributed by atoms with van der Waals surface area (Å²) in [5.74, 6) is -0.545. The fourth-order valence-electron chi connectivity index (χ4n) is 3.04. The molecule has 1 aromatic heterocycles. The number of nitrogens with one attached hydrogen (secondary N) is 2. The molecule has 2 aromatic carbocycles. The van der Waals surface area contributed by atoms with Crippen LogP contribution in [0.15, 0.2) is 42.5 Å². The van der Waals surface area contributed by atoms with Crippen LogP contribution in [0, 0.1) is 0 Å². The van der Waals surface area contributed by atoms with E-state index in [4.69, 9.17) is 0 Å². The van der Waals surface area contributed by atoms with Crippen molar-refractivity contribution in [1.82, 2.24) is 9.88 Å². The van der Waals surface area contributed by atoms with Gasteiger partial charge in [0, 0.05) is 19.5 Å². The third kappa shape index (κ3) is 3.11. The van der Waals surface area contributed by atoms with Crippen molar-refractivity contribution >= 4 is 32.5 Å². The van der Waals surface area contributed by atoms with E-state index in [0.717, 1.165) is 11.8 Å². The van der Waals surface area contributed by atoms with Crippen LogP contribution in [0.3, 0.4) is 0 Å². The number of aromatic nitrogens is 1. The summed E-state index contributed by atoms with van der Waals surface area (Å²) in [6, 6.07) is 12.3. The Balaban J connectivity index is 2.37. The summed E-state index contributed by atoms with van der Waals surface area (Å²) >= 11 is 0. The zero-order valence-electron chi connectivity index (χ0n) is 14.6. The molecule has 0 aliphatic rings. The van der Waals surface area contributed by atoms with Crippen LogP contribution in [-0.2, 0) is 17.1 Å². The second kappa shape index (κ2) is 6.38. The van der Waals surface area contributed by atoms with E-state index in [1.165, 1.54) is 19.2 Å². The van der Waals surface area contributed by atoms with Crippen LogP contribution in [0.25, 0.3) is 22.2 Å². The van der Waals surface area contributed by atoms with E-state index in [0.29, 0.717) is 22.2 Å². The number of amides is 1. The van der Waals surface area contributed by atoms with Crippen molar-refractivity contribution in [2.75, 3.05) is 18.0 Å². The average Bonchev–Trinajstić information content (AvgIpc) is 2.86. The first-order valence-electron chi connectivity index (χ1n) is 7.83. The number of rotatable bonds is 4. The highest BCUT2D eigenvalue weighted by Crippen LogP contribution is 2.38. The summed E-state index contributed by atoms with van der Waals surface area (Å²) in [6.07, 6.45) is 1.01. The van der Waals surface area contributed by atoms with Gasteiger partial charge in [-0.3, -0.25) is 9.52 Å². The summed E-state index contributed by atoms with van der Waals surface area (Å²) in [6.45, 7) is 0. The highest BCUT2D eigenvalue weighted by molar-refractivity contribution is 7.92. The first-order valence-corrected chi connectivity index (χ1v) is 9.72. The van der Waals surface area contributed by atoms with Gasteiger partial charge in [0.15, 0.2) is 0 Å². The van der Waals surface area contributed by atoms with Crippen molar-refractivity contribution in [3.8, 4) is 17.0 Å². The van der Waals surface area contributed by atoms with E-state index in [1.807, 2.05) is 34.9 Å². The number of hydrogen-bond donors (Lipinski definition) is 3. The second-order valence-corrected chi connectivity index (χ2v) is 7.74. The molecule has 136 valence electrons. The Labute approximate surface area is 151 Å². The number of aromatic hydroxyl groups is 1. The van der Waals surface area contributed by atoms with E-state index < -0.39 is 10.0 Å². The molecule has 0 spiro atoms. The number of nitrogens with zero attached hydrogens (tertiary/aromatic N) is 1. The van der Waals surface area contributed by atoms with Gasteiger partial charge in [-0.2, -0.15) is 0 Å². The van der Waals surface area contributed by atoms with Crippen molar-refractivity contribution in [3.63, 3.8) is 0 Å². The molecule has 0 aliphatic carbocycles. The van der Waals surface area contributed by atoms with Crippen molar-refractivity contribution in [2.45, 2.75) is 0 Å². The third-order valence-electron chi connectivity index (χ3n) is 4.11. The highest BCUT2D eigenvalue weighted by Gasteiger charge is 2.23. The average molecular weight is 373 g/mol. The number of hydrogen-bond acceptors (Lipinski definition) is 4. The van der Waals surface area contributed by atoms with Gasteiger partial charge in [-0.15, -0.1) is 0 Å². The minimum absolute atomic E-state index is 0.0590. The largest absolute Gasteiger partial charge is 0.506 e. The first-order chi connectivity index (χ1) is 12.2. The van der Waals surface area contributed by atoms with E-state index >= 15 is 0 Å². The number of anilines is 1. The second-order valence-electron chi connectivity index (χ2n) is 5.99. The summed E-state index contributed by atoms with van der Waals surface area (Å²) in [5.41, 5.74) is 2.60. The van der Waals surface area contributed by atoms with Crippen LogP contribution in [0.4, 0.5) is 5.69 Å². The van der Waals surface area contributed by atoms with Crippen molar-refractivity contribution in [3.05, 3.63) is 48.0 Å². The third-order valence-corrected chi connectivity index (χ3v) is 4.70. The Morgan fingerprint density at radius 1 is 1.15 bits per heavy atom. The van der Waals surface area contributed by atoms with Crippen LogP contribution in [0.5, 0.6) is 5.75 Å². The van der Waals surface area contributed by atoms with Gasteiger partial charge in [-0.05, 0) is 17.7 Å². The van der Waals surface area contributed by atoms with Crippen LogP contribution in [0.1, 0.15) is 10.4 Å². The molecule has 0 fully saturated rings. The molecule has 0 radical (unpaired) electrons. The maximum absolute atomic E-state index is 12.5. The predicted molar refractivity (Wildman–Crippen MR) is 102 cm³/mol. The highest BCUT2D eigenvalue weighted by atomic mass is 32.2. The Bertz CT molecular complexity index is 1100. The smallest absolute Gasteiger partial charge is 0.253 e. The topological polar surface area (TPSA) is 100 Å². The van der Waals surface area contributed by atoms with Crippen LogP contribution < -0.4 is 10.0 Å². The molecule has 3 rings (SSSR count). The van der Waals surface area contributed by atoms with Gasteiger partial charge in [0.25, 0.3) is 5.91 Å². The van der Waals surface area contributed by atoms with E-state index in [-0.39, 0.29) is 17.3 Å².